The van der Waals surface area contributed by atoms with Crippen molar-refractivity contribution in [1.82, 2.24) is 10.3 Å². The molecule has 0 fully saturated rings. The molecule has 1 atom stereocenters. The van der Waals surface area contributed by atoms with Gasteiger partial charge in [0.1, 0.15) is 12.4 Å². The number of rotatable bonds is 8. The number of nitrogens with zero attached hydrogens (tertiary/aromatic N) is 1. The summed E-state index contributed by atoms with van der Waals surface area (Å²) < 4.78 is 5.58. The van der Waals surface area contributed by atoms with Crippen LogP contribution in [-0.4, -0.2) is 24.2 Å². The topological polar surface area (TPSA) is 60.2 Å². The van der Waals surface area contributed by atoms with Crippen LogP contribution in [0.25, 0.3) is 0 Å². The van der Waals surface area contributed by atoms with Gasteiger partial charge in [0.15, 0.2) is 0 Å². The summed E-state index contributed by atoms with van der Waals surface area (Å²) >= 11 is 0. The van der Waals surface area contributed by atoms with Crippen LogP contribution in [-0.2, 0) is 0 Å². The average Bonchev–Trinajstić information content (AvgIpc) is 2.41. The van der Waals surface area contributed by atoms with Gasteiger partial charge in [-0.1, -0.05) is 19.2 Å². The zero-order chi connectivity index (χ0) is 14.1. The van der Waals surface area contributed by atoms with Crippen molar-refractivity contribution in [3.8, 4) is 5.75 Å². The van der Waals surface area contributed by atoms with E-state index in [4.69, 9.17) is 10.5 Å². The van der Waals surface area contributed by atoms with Gasteiger partial charge in [0.25, 0.3) is 0 Å². The number of nitrogens with two attached hydrogens (primary N) is 1. The van der Waals surface area contributed by atoms with Crippen molar-refractivity contribution in [1.29, 1.82) is 0 Å². The Morgan fingerprint density at radius 2 is 2.32 bits per heavy atom. The normalized spacial score (nSPS) is 12.6. The Morgan fingerprint density at radius 3 is 2.95 bits per heavy atom. The predicted octanol–water partition coefficient (Wildman–Crippen LogP) is 1.94. The van der Waals surface area contributed by atoms with Crippen LogP contribution in [0, 0.1) is 6.92 Å². The molecule has 1 aromatic rings. The number of hydrogen-bond acceptors (Lipinski definition) is 4. The van der Waals surface area contributed by atoms with Gasteiger partial charge in [0.2, 0.25) is 0 Å². The first-order chi connectivity index (χ1) is 9.15. The third kappa shape index (κ3) is 5.88. The standard InChI is InChI=1S/C15H21N3O/c1-4-6-14(5-2)18-9-13(16)11-19-15-7-12(3)8-17-10-15/h4-8,10,13,18H,1-2,9,11,16H2,3H3/b14-6+. The lowest BCUT2D eigenvalue weighted by atomic mass is 10.3. The minimum absolute atomic E-state index is 0.117. The Bertz CT molecular complexity index is 454. The van der Waals surface area contributed by atoms with Gasteiger partial charge in [-0.2, -0.15) is 0 Å². The molecule has 4 heteroatoms. The van der Waals surface area contributed by atoms with Crippen molar-refractivity contribution in [3.05, 3.63) is 61.1 Å². The molecule has 0 spiro atoms. The molecule has 0 aliphatic heterocycles. The van der Waals surface area contributed by atoms with Crippen LogP contribution in [0.5, 0.6) is 5.75 Å². The molecule has 0 aromatic carbocycles. The summed E-state index contributed by atoms with van der Waals surface area (Å²) in [6, 6.07) is 1.81. The summed E-state index contributed by atoms with van der Waals surface area (Å²) in [5.41, 5.74) is 7.92. The first-order valence-corrected chi connectivity index (χ1v) is 6.14. The van der Waals surface area contributed by atoms with E-state index in [1.54, 1.807) is 24.5 Å². The van der Waals surface area contributed by atoms with Crippen molar-refractivity contribution in [2.75, 3.05) is 13.2 Å². The molecule has 0 aliphatic rings. The average molecular weight is 259 g/mol. The van der Waals surface area contributed by atoms with Crippen LogP contribution in [0.1, 0.15) is 5.56 Å². The van der Waals surface area contributed by atoms with E-state index in [0.717, 1.165) is 17.0 Å². The molecule has 3 N–H and O–H groups in total. The summed E-state index contributed by atoms with van der Waals surface area (Å²) in [5, 5.41) is 3.17. The largest absolute Gasteiger partial charge is 0.490 e. The number of nitrogens with one attached hydrogen (secondary N) is 1. The number of ether oxygens (including phenoxy) is 1. The van der Waals surface area contributed by atoms with Gasteiger partial charge in [-0.15, -0.1) is 0 Å². The van der Waals surface area contributed by atoms with E-state index in [9.17, 15) is 0 Å². The molecule has 0 saturated heterocycles. The molecule has 1 aromatic heterocycles. The van der Waals surface area contributed by atoms with E-state index < -0.39 is 0 Å². The lowest BCUT2D eigenvalue weighted by Gasteiger charge is -2.15. The summed E-state index contributed by atoms with van der Waals surface area (Å²) in [7, 11) is 0. The van der Waals surface area contributed by atoms with Crippen LogP contribution in [0.3, 0.4) is 0 Å². The molecule has 1 unspecified atom stereocenters. The smallest absolute Gasteiger partial charge is 0.137 e. The zero-order valence-electron chi connectivity index (χ0n) is 11.3. The number of hydrogen-bond donors (Lipinski definition) is 2. The van der Waals surface area contributed by atoms with Crippen molar-refractivity contribution < 1.29 is 4.74 Å². The van der Waals surface area contributed by atoms with Gasteiger partial charge in [-0.3, -0.25) is 4.98 Å². The zero-order valence-corrected chi connectivity index (χ0v) is 11.3. The van der Waals surface area contributed by atoms with E-state index in [1.807, 2.05) is 19.1 Å². The minimum atomic E-state index is -0.117. The highest BCUT2D eigenvalue weighted by molar-refractivity contribution is 5.22. The molecule has 19 heavy (non-hydrogen) atoms. The third-order valence-electron chi connectivity index (χ3n) is 2.40. The number of pyridine rings is 1. The minimum Gasteiger partial charge on any atom is -0.490 e. The second-order valence-electron chi connectivity index (χ2n) is 4.21. The highest BCUT2D eigenvalue weighted by atomic mass is 16.5. The molecule has 1 rings (SSSR count). The van der Waals surface area contributed by atoms with Crippen LogP contribution in [0.4, 0.5) is 0 Å². The Morgan fingerprint density at radius 1 is 1.53 bits per heavy atom. The third-order valence-corrected chi connectivity index (χ3v) is 2.40. The molecule has 0 saturated carbocycles. The summed E-state index contributed by atoms with van der Waals surface area (Å²) in [6.07, 6.45) is 8.72. The SMILES string of the molecule is C=C/C=C(\C=C)NCC(N)COc1cncc(C)c1. The Kier molecular flexibility index (Phi) is 6.39. The first-order valence-electron chi connectivity index (χ1n) is 6.14. The summed E-state index contributed by atoms with van der Waals surface area (Å²) in [6.45, 7) is 10.3. The first kappa shape index (κ1) is 15.0. The maximum Gasteiger partial charge on any atom is 0.137 e. The van der Waals surface area contributed by atoms with Gasteiger partial charge in [0, 0.05) is 18.4 Å². The maximum atomic E-state index is 5.96. The van der Waals surface area contributed by atoms with E-state index >= 15 is 0 Å². The fourth-order valence-corrected chi connectivity index (χ4v) is 1.44. The van der Waals surface area contributed by atoms with E-state index in [-0.39, 0.29) is 6.04 Å². The Balaban J connectivity index is 2.35. The van der Waals surface area contributed by atoms with Crippen molar-refractivity contribution in [3.63, 3.8) is 0 Å². The predicted molar refractivity (Wildman–Crippen MR) is 78.9 cm³/mol. The molecule has 0 radical (unpaired) electrons. The van der Waals surface area contributed by atoms with E-state index in [0.29, 0.717) is 13.2 Å². The van der Waals surface area contributed by atoms with Gasteiger partial charge in [0.05, 0.1) is 12.2 Å². The van der Waals surface area contributed by atoms with Crippen LogP contribution >= 0.6 is 0 Å². The van der Waals surface area contributed by atoms with Gasteiger partial charge in [-0.25, -0.2) is 0 Å². The highest BCUT2D eigenvalue weighted by Crippen LogP contribution is 2.09. The molecular formula is C15H21N3O. The van der Waals surface area contributed by atoms with Crippen molar-refractivity contribution in [2.24, 2.45) is 5.73 Å². The van der Waals surface area contributed by atoms with Gasteiger partial charge < -0.3 is 15.8 Å². The highest BCUT2D eigenvalue weighted by Gasteiger charge is 2.04. The summed E-state index contributed by atoms with van der Waals surface area (Å²) in [4.78, 5) is 4.06. The quantitative estimate of drug-likeness (QED) is 0.700. The number of aryl methyl sites for hydroxylation is 1. The maximum absolute atomic E-state index is 5.96. The van der Waals surface area contributed by atoms with Gasteiger partial charge >= 0.3 is 0 Å². The Hall–Kier alpha value is -2.07. The van der Waals surface area contributed by atoms with Crippen molar-refractivity contribution in [2.45, 2.75) is 13.0 Å². The molecular weight excluding hydrogens is 238 g/mol. The van der Waals surface area contributed by atoms with Crippen molar-refractivity contribution >= 4 is 0 Å². The number of aromatic nitrogens is 1. The fourth-order valence-electron chi connectivity index (χ4n) is 1.44. The molecule has 1 heterocycles. The Labute approximate surface area is 114 Å². The van der Waals surface area contributed by atoms with Crippen LogP contribution in [0.15, 0.2) is 55.5 Å². The van der Waals surface area contributed by atoms with E-state index in [1.165, 1.54) is 0 Å². The van der Waals surface area contributed by atoms with Gasteiger partial charge in [-0.05, 0) is 30.7 Å². The molecule has 4 nitrogen and oxygen atoms in total. The van der Waals surface area contributed by atoms with E-state index in [2.05, 4.69) is 23.5 Å². The molecule has 0 amide bonds. The molecule has 0 aliphatic carbocycles. The number of allylic oxidation sites excluding steroid dienone is 3. The second kappa shape index (κ2) is 8.11. The monoisotopic (exact) mass is 259 g/mol. The lowest BCUT2D eigenvalue weighted by molar-refractivity contribution is 0.285. The second-order valence-corrected chi connectivity index (χ2v) is 4.21. The lowest BCUT2D eigenvalue weighted by Crippen LogP contribution is -2.38. The fraction of sp³-hybridized carbons (Fsp3) is 0.267. The molecule has 102 valence electrons. The molecule has 0 bridgehead atoms. The van der Waals surface area contributed by atoms with Crippen LogP contribution < -0.4 is 15.8 Å². The summed E-state index contributed by atoms with van der Waals surface area (Å²) in [5.74, 6) is 0.737. The van der Waals surface area contributed by atoms with Crippen LogP contribution in [0.2, 0.25) is 0 Å².